The number of carbonyl (C=O) groups is 1. The summed E-state index contributed by atoms with van der Waals surface area (Å²) in [5.41, 5.74) is 3.42. The lowest BCUT2D eigenvalue weighted by molar-refractivity contribution is -0.122. The van der Waals surface area contributed by atoms with Crippen LogP contribution < -0.4 is 10.1 Å². The Bertz CT molecular complexity index is 922. The average molecular weight is 372 g/mol. The molecular weight excluding hydrogens is 354 g/mol. The van der Waals surface area contributed by atoms with Crippen LogP contribution in [0.3, 0.4) is 0 Å². The van der Waals surface area contributed by atoms with Crippen LogP contribution in [0.25, 0.3) is 11.3 Å². The van der Waals surface area contributed by atoms with E-state index in [1.807, 2.05) is 32.0 Å². The lowest BCUT2D eigenvalue weighted by atomic mass is 10.1. The minimum Gasteiger partial charge on any atom is -0.481 e. The van der Waals surface area contributed by atoms with Crippen LogP contribution in [0, 0.1) is 13.8 Å². The predicted octanol–water partition coefficient (Wildman–Crippen LogP) is 4.41. The fourth-order valence-corrected chi connectivity index (χ4v) is 2.46. The first-order valence-corrected chi connectivity index (χ1v) is 8.45. The smallest absolute Gasteiger partial charge is 0.266 e. The number of aromatic nitrogens is 2. The maximum Gasteiger partial charge on any atom is 0.266 e. The van der Waals surface area contributed by atoms with Crippen LogP contribution >= 0.6 is 11.6 Å². The first kappa shape index (κ1) is 17.9. The Labute approximate surface area is 156 Å². The third kappa shape index (κ3) is 4.03. The molecule has 0 saturated carbocycles. The number of anilines is 1. The van der Waals surface area contributed by atoms with E-state index in [-0.39, 0.29) is 11.7 Å². The third-order valence-corrected chi connectivity index (χ3v) is 4.26. The maximum atomic E-state index is 12.4. The number of ether oxygens (including phenoxy) is 1. The number of rotatable bonds is 5. The molecule has 26 heavy (non-hydrogen) atoms. The molecule has 1 atom stereocenters. The number of halogens is 1. The SMILES string of the molecule is Cc1ccc(OC(C)C(=O)Nc2nonc2-c2ccc(Cl)cc2)cc1C. The summed E-state index contributed by atoms with van der Waals surface area (Å²) in [4.78, 5) is 12.4. The molecule has 0 spiro atoms. The highest BCUT2D eigenvalue weighted by Gasteiger charge is 2.20. The second kappa shape index (κ2) is 7.58. The summed E-state index contributed by atoms with van der Waals surface area (Å²) in [5, 5.41) is 10.9. The number of nitrogens with zero attached hydrogens (tertiary/aromatic N) is 2. The molecule has 0 aliphatic rings. The fourth-order valence-electron chi connectivity index (χ4n) is 2.33. The largest absolute Gasteiger partial charge is 0.481 e. The van der Waals surface area contributed by atoms with Gasteiger partial charge in [0.25, 0.3) is 5.91 Å². The predicted molar refractivity (Wildman–Crippen MR) is 99.4 cm³/mol. The Kier molecular flexibility index (Phi) is 5.23. The standard InChI is InChI=1S/C19H18ClN3O3/c1-11-4-9-16(10-12(11)2)25-13(3)19(24)21-18-17(22-26-23-18)14-5-7-15(20)8-6-14/h4-10,13H,1-3H3,(H,21,23,24). The first-order chi connectivity index (χ1) is 12.4. The van der Waals surface area contributed by atoms with Crippen LogP contribution in [0.2, 0.25) is 5.02 Å². The van der Waals surface area contributed by atoms with Crippen molar-refractivity contribution in [2.24, 2.45) is 0 Å². The van der Waals surface area contributed by atoms with Crippen LogP contribution in [0.5, 0.6) is 5.75 Å². The minimum absolute atomic E-state index is 0.229. The van der Waals surface area contributed by atoms with Gasteiger partial charge in [0.05, 0.1) is 0 Å². The Morgan fingerprint density at radius 3 is 2.54 bits per heavy atom. The zero-order chi connectivity index (χ0) is 18.7. The molecule has 1 aromatic heterocycles. The Morgan fingerprint density at radius 1 is 1.12 bits per heavy atom. The first-order valence-electron chi connectivity index (χ1n) is 8.07. The van der Waals surface area contributed by atoms with Crippen molar-refractivity contribution in [3.8, 4) is 17.0 Å². The molecule has 1 unspecified atom stereocenters. The summed E-state index contributed by atoms with van der Waals surface area (Å²) in [6, 6.07) is 12.7. The molecule has 2 aromatic carbocycles. The van der Waals surface area contributed by atoms with Gasteiger partial charge in [-0.05, 0) is 66.5 Å². The van der Waals surface area contributed by atoms with E-state index < -0.39 is 6.10 Å². The van der Waals surface area contributed by atoms with Crippen molar-refractivity contribution < 1.29 is 14.2 Å². The zero-order valence-electron chi connectivity index (χ0n) is 14.6. The highest BCUT2D eigenvalue weighted by atomic mass is 35.5. The van der Waals surface area contributed by atoms with Gasteiger partial charge in [-0.25, -0.2) is 4.63 Å². The van der Waals surface area contributed by atoms with Gasteiger partial charge in [0.1, 0.15) is 5.75 Å². The molecule has 0 fully saturated rings. The van der Waals surface area contributed by atoms with E-state index in [4.69, 9.17) is 21.0 Å². The summed E-state index contributed by atoms with van der Waals surface area (Å²) < 4.78 is 10.5. The number of amides is 1. The molecule has 1 N–H and O–H groups in total. The van der Waals surface area contributed by atoms with E-state index in [0.29, 0.717) is 16.5 Å². The topological polar surface area (TPSA) is 77.2 Å². The maximum absolute atomic E-state index is 12.4. The van der Waals surface area contributed by atoms with Gasteiger partial charge in [0.2, 0.25) is 5.82 Å². The van der Waals surface area contributed by atoms with Gasteiger partial charge in [0, 0.05) is 10.6 Å². The van der Waals surface area contributed by atoms with E-state index in [1.54, 1.807) is 31.2 Å². The van der Waals surface area contributed by atoms with E-state index in [0.717, 1.165) is 16.7 Å². The summed E-state index contributed by atoms with van der Waals surface area (Å²) in [6.45, 7) is 5.68. The molecule has 0 saturated heterocycles. The number of carbonyl (C=O) groups excluding carboxylic acids is 1. The van der Waals surface area contributed by atoms with E-state index >= 15 is 0 Å². The lowest BCUT2D eigenvalue weighted by Gasteiger charge is -2.15. The molecule has 3 aromatic rings. The summed E-state index contributed by atoms with van der Waals surface area (Å²) >= 11 is 5.89. The zero-order valence-corrected chi connectivity index (χ0v) is 15.4. The van der Waals surface area contributed by atoms with E-state index in [1.165, 1.54) is 0 Å². The molecule has 134 valence electrons. The van der Waals surface area contributed by atoms with Crippen molar-refractivity contribution in [3.05, 3.63) is 58.6 Å². The molecule has 0 radical (unpaired) electrons. The second-order valence-electron chi connectivity index (χ2n) is 5.96. The third-order valence-electron chi connectivity index (χ3n) is 4.01. The van der Waals surface area contributed by atoms with E-state index in [9.17, 15) is 4.79 Å². The van der Waals surface area contributed by atoms with Crippen LogP contribution in [-0.4, -0.2) is 22.3 Å². The number of hydrogen-bond acceptors (Lipinski definition) is 5. The monoisotopic (exact) mass is 371 g/mol. The van der Waals surface area contributed by atoms with Gasteiger partial charge in [-0.3, -0.25) is 4.79 Å². The van der Waals surface area contributed by atoms with Crippen molar-refractivity contribution in [1.82, 2.24) is 10.3 Å². The molecule has 7 heteroatoms. The molecule has 6 nitrogen and oxygen atoms in total. The van der Waals surface area contributed by atoms with E-state index in [2.05, 4.69) is 15.6 Å². The van der Waals surface area contributed by atoms with Gasteiger partial charge < -0.3 is 10.1 Å². The van der Waals surface area contributed by atoms with Crippen molar-refractivity contribution in [2.45, 2.75) is 26.9 Å². The minimum atomic E-state index is -0.716. The van der Waals surface area contributed by atoms with Gasteiger partial charge in [-0.1, -0.05) is 29.8 Å². The number of benzene rings is 2. The highest BCUT2D eigenvalue weighted by Crippen LogP contribution is 2.26. The van der Waals surface area contributed by atoms with Crippen molar-refractivity contribution in [1.29, 1.82) is 0 Å². The van der Waals surface area contributed by atoms with Gasteiger partial charge in [-0.2, -0.15) is 0 Å². The Balaban J connectivity index is 1.71. The van der Waals surface area contributed by atoms with Gasteiger partial charge >= 0.3 is 0 Å². The molecule has 0 bridgehead atoms. The second-order valence-corrected chi connectivity index (χ2v) is 6.40. The summed E-state index contributed by atoms with van der Waals surface area (Å²) in [7, 11) is 0. The number of hydrogen-bond donors (Lipinski definition) is 1. The quantitative estimate of drug-likeness (QED) is 0.718. The molecule has 3 rings (SSSR count). The normalized spacial score (nSPS) is 11.8. The van der Waals surface area contributed by atoms with Crippen molar-refractivity contribution in [2.75, 3.05) is 5.32 Å². The highest BCUT2D eigenvalue weighted by molar-refractivity contribution is 6.30. The van der Waals surface area contributed by atoms with Crippen LogP contribution in [0.1, 0.15) is 18.1 Å². The van der Waals surface area contributed by atoms with Crippen molar-refractivity contribution >= 4 is 23.3 Å². The van der Waals surface area contributed by atoms with Crippen LogP contribution in [-0.2, 0) is 4.79 Å². The van der Waals surface area contributed by atoms with Crippen LogP contribution in [0.15, 0.2) is 47.1 Å². The molecule has 0 aliphatic carbocycles. The number of aryl methyl sites for hydroxylation is 2. The van der Waals surface area contributed by atoms with Gasteiger partial charge in [-0.15, -0.1) is 0 Å². The Hall–Kier alpha value is -2.86. The molecule has 0 aliphatic heterocycles. The lowest BCUT2D eigenvalue weighted by Crippen LogP contribution is -2.30. The fraction of sp³-hybridized carbons (Fsp3) is 0.211. The summed E-state index contributed by atoms with van der Waals surface area (Å²) in [5.74, 6) is 0.508. The van der Waals surface area contributed by atoms with Crippen molar-refractivity contribution in [3.63, 3.8) is 0 Å². The molecule has 1 amide bonds. The summed E-state index contributed by atoms with van der Waals surface area (Å²) in [6.07, 6.45) is -0.716. The molecular formula is C19H18ClN3O3. The van der Waals surface area contributed by atoms with Crippen LogP contribution in [0.4, 0.5) is 5.82 Å². The Morgan fingerprint density at radius 2 is 1.85 bits per heavy atom. The average Bonchev–Trinajstić information content (AvgIpc) is 3.07. The van der Waals surface area contributed by atoms with Gasteiger partial charge in [0.15, 0.2) is 11.8 Å². The number of nitrogens with one attached hydrogen (secondary N) is 1. The molecule has 1 heterocycles.